The highest BCUT2D eigenvalue weighted by Gasteiger charge is 1.57. The summed E-state index contributed by atoms with van der Waals surface area (Å²) in [6.45, 7) is 3.13. The molecule has 0 aliphatic carbocycles. The molecule has 0 fully saturated rings. The Bertz CT molecular complexity index is 198. The van der Waals surface area contributed by atoms with Crippen LogP contribution in [0.4, 0.5) is 0 Å². The maximum Gasteiger partial charge on any atom is 0.00473 e. The zero-order valence-corrected chi connectivity index (χ0v) is 6.09. The van der Waals surface area contributed by atoms with E-state index in [1.54, 1.807) is 0 Å². The summed E-state index contributed by atoms with van der Waals surface area (Å²) in [6, 6.07) is 12.0. The highest BCUT2D eigenvalue weighted by atomic mass is 15.1. The Labute approximate surface area is 65.6 Å². The third kappa shape index (κ3) is 8.27. The monoisotopic (exact) mass is 147 g/mol. The summed E-state index contributed by atoms with van der Waals surface area (Å²) in [6.07, 6.45) is 1.14. The van der Waals surface area contributed by atoms with Crippen molar-refractivity contribution in [2.24, 2.45) is 5.11 Å². The van der Waals surface area contributed by atoms with Gasteiger partial charge in [0.25, 0.3) is 0 Å². The van der Waals surface area contributed by atoms with E-state index < -0.39 is 0 Å². The third-order valence-electron chi connectivity index (χ3n) is 0.800. The molecule has 0 heterocycles. The van der Waals surface area contributed by atoms with Gasteiger partial charge in [0, 0.05) is 4.91 Å². The number of azide groups is 1. The van der Waals surface area contributed by atoms with Crippen molar-refractivity contribution in [2.75, 3.05) is 0 Å². The zero-order chi connectivity index (χ0) is 8.36. The van der Waals surface area contributed by atoms with Crippen LogP contribution < -0.4 is 0 Å². The fourth-order valence-electron chi connectivity index (χ4n) is 0.421. The molecule has 0 aliphatic heterocycles. The van der Waals surface area contributed by atoms with E-state index in [2.05, 4.69) is 16.6 Å². The van der Waals surface area contributed by atoms with E-state index in [1.165, 1.54) is 0 Å². The van der Waals surface area contributed by atoms with E-state index in [0.29, 0.717) is 0 Å². The molecule has 1 rings (SSSR count). The molecule has 0 saturated carbocycles. The summed E-state index contributed by atoms with van der Waals surface area (Å²) in [7, 11) is 0. The molecule has 3 nitrogen and oxygen atoms in total. The molecular weight excluding hydrogens is 138 g/mol. The molecule has 0 aromatic heterocycles. The fraction of sp³-hybridized carbons (Fsp3) is 0. The SMILES string of the molecule is C=CN=[N+]=[N-].c1ccccc1. The van der Waals surface area contributed by atoms with E-state index in [9.17, 15) is 0 Å². The summed E-state index contributed by atoms with van der Waals surface area (Å²) < 4.78 is 0. The van der Waals surface area contributed by atoms with Crippen LogP contribution in [0.15, 0.2) is 54.3 Å². The predicted octanol–water partition coefficient (Wildman–Crippen LogP) is 3.13. The van der Waals surface area contributed by atoms with E-state index in [1.807, 2.05) is 36.4 Å². The van der Waals surface area contributed by atoms with Gasteiger partial charge in [0.1, 0.15) is 0 Å². The molecule has 0 radical (unpaired) electrons. The molecule has 1 aromatic rings. The molecule has 11 heavy (non-hydrogen) atoms. The predicted molar refractivity (Wildman–Crippen MR) is 45.8 cm³/mol. The van der Waals surface area contributed by atoms with Gasteiger partial charge in [-0.3, -0.25) is 0 Å². The van der Waals surface area contributed by atoms with Gasteiger partial charge in [0.2, 0.25) is 0 Å². The van der Waals surface area contributed by atoms with Crippen molar-refractivity contribution in [1.29, 1.82) is 0 Å². The number of nitrogens with zero attached hydrogens (tertiary/aromatic N) is 3. The highest BCUT2D eigenvalue weighted by Crippen LogP contribution is 1.79. The van der Waals surface area contributed by atoms with Crippen LogP contribution in [-0.4, -0.2) is 0 Å². The highest BCUT2D eigenvalue weighted by molar-refractivity contribution is 4.99. The first-order valence-electron chi connectivity index (χ1n) is 3.07. The van der Waals surface area contributed by atoms with E-state index in [4.69, 9.17) is 5.53 Å². The smallest absolute Gasteiger partial charge is 0.00473 e. The lowest BCUT2D eigenvalue weighted by Gasteiger charge is -1.69. The molecule has 0 amide bonds. The topological polar surface area (TPSA) is 48.8 Å². The lowest BCUT2D eigenvalue weighted by molar-refractivity contribution is 1.53. The summed E-state index contributed by atoms with van der Waals surface area (Å²) in [4.78, 5) is 2.36. The molecule has 3 heteroatoms. The number of rotatable bonds is 1. The standard InChI is InChI=1S/C6H6.C2H3N3/c1-2-4-6-5-3-1;1-2-4-5-3/h1-6H;2H,1H2. The number of benzene rings is 1. The van der Waals surface area contributed by atoms with Gasteiger partial charge in [-0.25, -0.2) is 0 Å². The second-order valence-corrected chi connectivity index (χ2v) is 1.54. The van der Waals surface area contributed by atoms with E-state index >= 15 is 0 Å². The molecule has 0 spiro atoms. The Kier molecular flexibility index (Phi) is 6.97. The molecule has 0 saturated heterocycles. The van der Waals surface area contributed by atoms with Crippen molar-refractivity contribution in [3.63, 3.8) is 0 Å². The van der Waals surface area contributed by atoms with E-state index in [-0.39, 0.29) is 0 Å². The average molecular weight is 147 g/mol. The average Bonchev–Trinajstić information content (AvgIpc) is 2.10. The maximum absolute atomic E-state index is 7.45. The minimum atomic E-state index is 1.14. The number of hydrogen-bond acceptors (Lipinski definition) is 1. The molecular formula is C8H9N3. The summed E-state index contributed by atoms with van der Waals surface area (Å²) in [5.74, 6) is 0. The van der Waals surface area contributed by atoms with Gasteiger partial charge in [-0.15, -0.1) is 0 Å². The molecule has 0 N–H and O–H groups in total. The van der Waals surface area contributed by atoms with Crippen LogP contribution in [0.2, 0.25) is 0 Å². The van der Waals surface area contributed by atoms with Gasteiger partial charge >= 0.3 is 0 Å². The van der Waals surface area contributed by atoms with Gasteiger partial charge in [0.05, 0.1) is 0 Å². The van der Waals surface area contributed by atoms with Crippen molar-refractivity contribution in [3.8, 4) is 0 Å². The van der Waals surface area contributed by atoms with Crippen molar-refractivity contribution in [3.05, 3.63) is 59.6 Å². The first-order chi connectivity index (χ1) is 5.41. The van der Waals surface area contributed by atoms with Crippen molar-refractivity contribution in [2.45, 2.75) is 0 Å². The summed E-state index contributed by atoms with van der Waals surface area (Å²) in [5.41, 5.74) is 7.45. The van der Waals surface area contributed by atoms with Crippen molar-refractivity contribution >= 4 is 0 Å². The van der Waals surface area contributed by atoms with Gasteiger partial charge in [-0.1, -0.05) is 48.1 Å². The lowest BCUT2D eigenvalue weighted by atomic mass is 10.4. The molecule has 0 aliphatic rings. The molecule has 0 bridgehead atoms. The Morgan fingerprint density at radius 2 is 1.45 bits per heavy atom. The van der Waals surface area contributed by atoms with Crippen molar-refractivity contribution < 1.29 is 0 Å². The Morgan fingerprint density at radius 1 is 1.09 bits per heavy atom. The normalized spacial score (nSPS) is 6.55. The van der Waals surface area contributed by atoms with Gasteiger partial charge < -0.3 is 0 Å². The Morgan fingerprint density at radius 3 is 1.55 bits per heavy atom. The van der Waals surface area contributed by atoms with Crippen LogP contribution in [0.1, 0.15) is 0 Å². The minimum absolute atomic E-state index is 1.14. The first kappa shape index (κ1) is 9.27. The minimum Gasteiger partial charge on any atom is -0.0968 e. The second-order valence-electron chi connectivity index (χ2n) is 1.54. The van der Waals surface area contributed by atoms with Gasteiger partial charge in [-0.2, -0.15) is 0 Å². The van der Waals surface area contributed by atoms with Crippen LogP contribution in [0.3, 0.4) is 0 Å². The Balaban J connectivity index is 0.000000187. The maximum atomic E-state index is 7.45. The lowest BCUT2D eigenvalue weighted by Crippen LogP contribution is -1.47. The quantitative estimate of drug-likeness (QED) is 0.333. The molecule has 0 atom stereocenters. The number of hydrogen-bond donors (Lipinski definition) is 0. The molecule has 0 unspecified atom stereocenters. The third-order valence-corrected chi connectivity index (χ3v) is 0.800. The Hall–Kier alpha value is -1.73. The van der Waals surface area contributed by atoms with Crippen LogP contribution in [0.25, 0.3) is 10.4 Å². The second kappa shape index (κ2) is 8.27. The van der Waals surface area contributed by atoms with Crippen LogP contribution >= 0.6 is 0 Å². The van der Waals surface area contributed by atoms with Crippen LogP contribution in [-0.2, 0) is 0 Å². The summed E-state index contributed by atoms with van der Waals surface area (Å²) >= 11 is 0. The fourth-order valence-corrected chi connectivity index (χ4v) is 0.421. The zero-order valence-electron chi connectivity index (χ0n) is 6.09. The van der Waals surface area contributed by atoms with Crippen LogP contribution in [0.5, 0.6) is 0 Å². The largest absolute Gasteiger partial charge is 0.0968 e. The van der Waals surface area contributed by atoms with Crippen LogP contribution in [0, 0.1) is 0 Å². The van der Waals surface area contributed by atoms with Crippen molar-refractivity contribution in [1.82, 2.24) is 0 Å². The first-order valence-corrected chi connectivity index (χ1v) is 3.07. The molecule has 1 aromatic carbocycles. The summed E-state index contributed by atoms with van der Waals surface area (Å²) in [5, 5.41) is 2.92. The van der Waals surface area contributed by atoms with Gasteiger partial charge in [0.15, 0.2) is 0 Å². The van der Waals surface area contributed by atoms with Gasteiger partial charge in [-0.05, 0) is 11.7 Å². The van der Waals surface area contributed by atoms with E-state index in [0.717, 1.165) is 6.20 Å². The molecule has 56 valence electrons.